The van der Waals surface area contributed by atoms with Crippen molar-refractivity contribution >= 4 is 38.4 Å². The molecule has 0 aliphatic rings. The Bertz CT molecular complexity index is 1120. The summed E-state index contributed by atoms with van der Waals surface area (Å²) in [5.41, 5.74) is 0.887. The minimum absolute atomic E-state index is 0.0873. The second kappa shape index (κ2) is 8.36. The van der Waals surface area contributed by atoms with Crippen molar-refractivity contribution in [1.29, 1.82) is 0 Å². The van der Waals surface area contributed by atoms with E-state index >= 15 is 0 Å². The normalized spacial score (nSPS) is 11.5. The molecule has 0 fully saturated rings. The average Bonchev–Trinajstić information content (AvgIpc) is 3.09. The quantitative estimate of drug-likeness (QED) is 0.565. The van der Waals surface area contributed by atoms with Gasteiger partial charge in [-0.1, -0.05) is 22.8 Å². The van der Waals surface area contributed by atoms with Crippen LogP contribution in [0, 0.1) is 0 Å². The highest BCUT2D eigenvalue weighted by Gasteiger charge is 2.28. The Labute approximate surface area is 172 Å². The number of rotatable bonds is 8. The Balaban J connectivity index is 2.15. The highest BCUT2D eigenvalue weighted by molar-refractivity contribution is 7.93. The number of anilines is 1. The van der Waals surface area contributed by atoms with Gasteiger partial charge < -0.3 is 23.5 Å². The molecule has 3 rings (SSSR count). The van der Waals surface area contributed by atoms with E-state index in [4.69, 9.17) is 35.1 Å². The molecule has 9 nitrogen and oxygen atoms in total. The summed E-state index contributed by atoms with van der Waals surface area (Å²) >= 11 is 6.39. The Hall–Kier alpha value is -2.69. The summed E-state index contributed by atoms with van der Waals surface area (Å²) in [7, 11) is 1.49. The first-order valence-electron chi connectivity index (χ1n) is 8.25. The second-order valence-corrected chi connectivity index (χ2v) is 7.81. The Morgan fingerprint density at radius 1 is 1.10 bits per heavy atom. The van der Waals surface area contributed by atoms with Gasteiger partial charge in [0.15, 0.2) is 22.0 Å². The van der Waals surface area contributed by atoms with Crippen LogP contribution in [0.4, 0.5) is 5.82 Å². The molecule has 0 aliphatic carbocycles. The fraction of sp³-hybridized carbons (Fsp3) is 0.278. The van der Waals surface area contributed by atoms with Crippen LogP contribution in [-0.2, 0) is 21.4 Å². The van der Waals surface area contributed by atoms with Gasteiger partial charge in [0.05, 0.1) is 33.0 Å². The molecule has 0 saturated heterocycles. The maximum absolute atomic E-state index is 13.1. The van der Waals surface area contributed by atoms with Crippen LogP contribution >= 0.6 is 11.6 Å². The molecule has 0 spiro atoms. The zero-order chi connectivity index (χ0) is 21.2. The van der Waals surface area contributed by atoms with E-state index < -0.39 is 10.0 Å². The van der Waals surface area contributed by atoms with Crippen LogP contribution in [-0.4, -0.2) is 42.0 Å². The molecule has 156 valence electrons. The largest absolute Gasteiger partial charge is 0.495 e. The lowest BCUT2D eigenvalue weighted by atomic mass is 10.1. The van der Waals surface area contributed by atoms with E-state index in [9.17, 15) is 8.42 Å². The van der Waals surface area contributed by atoms with Gasteiger partial charge in [-0.2, -0.15) is 0 Å². The predicted octanol–water partition coefficient (Wildman–Crippen LogP) is 3.45. The average molecular weight is 443 g/mol. The molecular formula is C18H19ClN2O7S. The van der Waals surface area contributed by atoms with E-state index in [0.29, 0.717) is 5.56 Å². The lowest BCUT2D eigenvalue weighted by Crippen LogP contribution is -2.15. The number of nitrogens with zero attached hydrogens (tertiary/aromatic N) is 1. The SMILES string of the molecule is COCc1cc2onc(NS(=O)(=O)c3c(OC)cccc3OC)c2c(OC)c1Cl. The van der Waals surface area contributed by atoms with Crippen molar-refractivity contribution in [2.24, 2.45) is 0 Å². The van der Waals surface area contributed by atoms with E-state index in [1.807, 2.05) is 0 Å². The van der Waals surface area contributed by atoms with Gasteiger partial charge in [0.25, 0.3) is 10.0 Å². The first-order chi connectivity index (χ1) is 13.9. The number of methoxy groups -OCH3 is 4. The summed E-state index contributed by atoms with van der Waals surface area (Å²) in [5, 5.41) is 4.38. The van der Waals surface area contributed by atoms with Gasteiger partial charge in [-0.3, -0.25) is 4.72 Å². The van der Waals surface area contributed by atoms with E-state index in [2.05, 4.69) is 9.88 Å². The van der Waals surface area contributed by atoms with Crippen molar-refractivity contribution in [2.45, 2.75) is 11.5 Å². The molecule has 0 radical (unpaired) electrons. The van der Waals surface area contributed by atoms with Crippen LogP contribution < -0.4 is 18.9 Å². The maximum atomic E-state index is 13.1. The molecule has 0 saturated carbocycles. The zero-order valence-corrected chi connectivity index (χ0v) is 17.7. The van der Waals surface area contributed by atoms with Crippen LogP contribution in [0.3, 0.4) is 0 Å². The molecule has 1 aromatic heterocycles. The van der Waals surface area contributed by atoms with Crippen molar-refractivity contribution in [1.82, 2.24) is 5.16 Å². The van der Waals surface area contributed by atoms with Crippen LogP contribution in [0.2, 0.25) is 5.02 Å². The van der Waals surface area contributed by atoms with Gasteiger partial charge in [0.1, 0.15) is 16.9 Å². The maximum Gasteiger partial charge on any atom is 0.270 e. The van der Waals surface area contributed by atoms with Crippen LogP contribution in [0.25, 0.3) is 11.0 Å². The van der Waals surface area contributed by atoms with Crippen molar-refractivity contribution in [3.63, 3.8) is 0 Å². The van der Waals surface area contributed by atoms with Crippen LogP contribution in [0.15, 0.2) is 33.7 Å². The molecule has 0 bridgehead atoms. The molecule has 0 aliphatic heterocycles. The third-order valence-corrected chi connectivity index (χ3v) is 5.93. The van der Waals surface area contributed by atoms with Gasteiger partial charge in [-0.05, 0) is 18.2 Å². The molecule has 3 aromatic rings. The van der Waals surface area contributed by atoms with Gasteiger partial charge >= 0.3 is 0 Å². The van der Waals surface area contributed by atoms with Crippen molar-refractivity contribution in [3.8, 4) is 17.2 Å². The van der Waals surface area contributed by atoms with Crippen LogP contribution in [0.5, 0.6) is 17.2 Å². The lowest BCUT2D eigenvalue weighted by molar-refractivity contribution is 0.184. The summed E-state index contributed by atoms with van der Waals surface area (Å²) in [6.07, 6.45) is 0. The first kappa shape index (κ1) is 21.0. The standard InChI is InChI=1S/C18H19ClN2O7S/c1-24-9-10-8-13-14(16(27-4)15(10)19)18(20-28-13)21-29(22,23)17-11(25-2)6-5-7-12(17)26-3/h5-8H,9H2,1-4H3,(H,20,21). The minimum Gasteiger partial charge on any atom is -0.495 e. The summed E-state index contributed by atoms with van der Waals surface area (Å²) in [6, 6.07) is 6.24. The smallest absolute Gasteiger partial charge is 0.270 e. The van der Waals surface area contributed by atoms with E-state index in [1.54, 1.807) is 12.1 Å². The molecule has 1 heterocycles. The number of halogens is 1. The number of hydrogen-bond acceptors (Lipinski definition) is 8. The first-order valence-corrected chi connectivity index (χ1v) is 10.1. The van der Waals surface area contributed by atoms with Crippen molar-refractivity contribution < 1.29 is 31.9 Å². The second-order valence-electron chi connectivity index (χ2n) is 5.82. The highest BCUT2D eigenvalue weighted by atomic mass is 35.5. The van der Waals surface area contributed by atoms with E-state index in [1.165, 1.54) is 40.6 Å². The van der Waals surface area contributed by atoms with Crippen molar-refractivity contribution in [3.05, 3.63) is 34.9 Å². The minimum atomic E-state index is -4.16. The fourth-order valence-corrected chi connectivity index (χ4v) is 4.49. The number of nitrogens with one attached hydrogen (secondary N) is 1. The molecule has 2 aromatic carbocycles. The van der Waals surface area contributed by atoms with Gasteiger partial charge in [-0.25, -0.2) is 8.42 Å². The fourth-order valence-electron chi connectivity index (χ4n) is 2.88. The van der Waals surface area contributed by atoms with Gasteiger partial charge in [0.2, 0.25) is 0 Å². The summed E-state index contributed by atoms with van der Waals surface area (Å²) in [4.78, 5) is -0.179. The van der Waals surface area contributed by atoms with Gasteiger partial charge in [-0.15, -0.1) is 0 Å². The van der Waals surface area contributed by atoms with Gasteiger partial charge in [0, 0.05) is 12.7 Å². The van der Waals surface area contributed by atoms with Crippen LogP contribution in [0.1, 0.15) is 5.56 Å². The number of hydrogen-bond donors (Lipinski definition) is 1. The molecule has 1 N–H and O–H groups in total. The number of ether oxygens (including phenoxy) is 4. The third kappa shape index (κ3) is 3.78. The molecule has 0 atom stereocenters. The zero-order valence-electron chi connectivity index (χ0n) is 16.1. The Morgan fingerprint density at radius 2 is 1.76 bits per heavy atom. The summed E-state index contributed by atoms with van der Waals surface area (Å²) < 4.78 is 54.8. The third-order valence-electron chi connectivity index (χ3n) is 4.12. The topological polar surface area (TPSA) is 109 Å². The Morgan fingerprint density at radius 3 is 2.31 bits per heavy atom. The highest BCUT2D eigenvalue weighted by Crippen LogP contribution is 2.42. The molecule has 29 heavy (non-hydrogen) atoms. The lowest BCUT2D eigenvalue weighted by Gasteiger charge is -2.14. The summed E-state index contributed by atoms with van der Waals surface area (Å²) in [6.45, 7) is 0.214. The molecule has 0 unspecified atom stereocenters. The molecular weight excluding hydrogens is 424 g/mol. The Kier molecular flexibility index (Phi) is 6.06. The molecule has 11 heteroatoms. The van der Waals surface area contributed by atoms with E-state index in [-0.39, 0.29) is 50.6 Å². The number of aromatic nitrogens is 1. The van der Waals surface area contributed by atoms with E-state index in [0.717, 1.165) is 0 Å². The molecule has 0 amide bonds. The number of benzene rings is 2. The van der Waals surface area contributed by atoms with Crippen molar-refractivity contribution in [2.75, 3.05) is 33.2 Å². The number of fused-ring (bicyclic) bond motifs is 1. The summed E-state index contributed by atoms with van der Waals surface area (Å²) in [5.74, 6) is 0.340. The number of sulfonamides is 1. The predicted molar refractivity (Wildman–Crippen MR) is 107 cm³/mol. The monoisotopic (exact) mass is 442 g/mol.